The van der Waals surface area contributed by atoms with Gasteiger partial charge in [-0.05, 0) is 39.0 Å². The number of ether oxygens (including phenoxy) is 2. The van der Waals surface area contributed by atoms with Gasteiger partial charge in [0.25, 0.3) is 0 Å². The molecule has 0 spiro atoms. The van der Waals surface area contributed by atoms with Crippen LogP contribution in [0.5, 0.6) is 5.75 Å². The molecule has 20 heavy (non-hydrogen) atoms. The van der Waals surface area contributed by atoms with Crippen molar-refractivity contribution in [3.8, 4) is 5.75 Å². The van der Waals surface area contributed by atoms with E-state index in [1.165, 1.54) is 13.2 Å². The van der Waals surface area contributed by atoms with Gasteiger partial charge in [-0.15, -0.1) is 0 Å². The van der Waals surface area contributed by atoms with Crippen molar-refractivity contribution in [1.29, 1.82) is 0 Å². The summed E-state index contributed by atoms with van der Waals surface area (Å²) in [6.45, 7) is 5.23. The molecule has 1 rings (SSSR count). The minimum atomic E-state index is -0.591. The number of rotatable bonds is 4. The van der Waals surface area contributed by atoms with Crippen LogP contribution in [0.3, 0.4) is 0 Å². The summed E-state index contributed by atoms with van der Waals surface area (Å²) in [5.41, 5.74) is 5.57. The first-order valence-corrected chi connectivity index (χ1v) is 6.18. The van der Waals surface area contributed by atoms with E-state index in [1.807, 2.05) is 0 Å². The fourth-order valence-electron chi connectivity index (χ4n) is 1.50. The number of carbonyl (C=O) groups excluding carboxylic acids is 2. The quantitative estimate of drug-likeness (QED) is 0.825. The van der Waals surface area contributed by atoms with Gasteiger partial charge in [0.15, 0.2) is 5.78 Å². The van der Waals surface area contributed by atoms with Crippen LogP contribution in [0.1, 0.15) is 31.1 Å². The third kappa shape index (κ3) is 4.55. The first-order chi connectivity index (χ1) is 9.26. The van der Waals surface area contributed by atoms with Gasteiger partial charge in [-0.25, -0.2) is 4.79 Å². The van der Waals surface area contributed by atoms with E-state index in [0.29, 0.717) is 17.0 Å². The Kier molecular flexibility index (Phi) is 5.10. The number of ketones is 1. The highest BCUT2D eigenvalue weighted by Crippen LogP contribution is 2.26. The van der Waals surface area contributed by atoms with E-state index in [9.17, 15) is 9.59 Å². The van der Waals surface area contributed by atoms with Crippen LogP contribution in [-0.2, 0) is 4.74 Å². The molecule has 0 aliphatic heterocycles. The van der Waals surface area contributed by atoms with Crippen LogP contribution in [0.25, 0.3) is 0 Å². The van der Waals surface area contributed by atoms with Gasteiger partial charge in [0.1, 0.15) is 11.4 Å². The van der Waals surface area contributed by atoms with Crippen LogP contribution in [0.4, 0.5) is 10.5 Å². The largest absolute Gasteiger partial charge is 0.495 e. The number of hydrogen-bond acceptors (Lipinski definition) is 5. The van der Waals surface area contributed by atoms with E-state index in [4.69, 9.17) is 15.2 Å². The standard InChI is InChI=1S/C14H20N2O4/c1-14(2,3)20-13(18)16-10-6-5-9(11(17)8-15)7-12(10)19-4/h5-7H,8,15H2,1-4H3,(H,16,18). The summed E-state index contributed by atoms with van der Waals surface area (Å²) in [4.78, 5) is 23.2. The maximum atomic E-state index is 11.7. The van der Waals surface area contributed by atoms with Gasteiger partial charge < -0.3 is 15.2 Å². The van der Waals surface area contributed by atoms with Crippen LogP contribution in [0, 0.1) is 0 Å². The van der Waals surface area contributed by atoms with Crippen molar-refractivity contribution in [1.82, 2.24) is 0 Å². The second-order valence-electron chi connectivity index (χ2n) is 5.17. The Labute approximate surface area is 118 Å². The van der Waals surface area contributed by atoms with Gasteiger partial charge in [-0.3, -0.25) is 10.1 Å². The molecule has 0 atom stereocenters. The number of Topliss-reactive ketones (excluding diaryl/α,β-unsaturated/α-hetero) is 1. The van der Waals surface area contributed by atoms with Gasteiger partial charge in [0.05, 0.1) is 19.3 Å². The summed E-state index contributed by atoms with van der Waals surface area (Å²) in [5, 5.41) is 2.57. The van der Waals surface area contributed by atoms with Crippen molar-refractivity contribution in [2.24, 2.45) is 5.73 Å². The van der Waals surface area contributed by atoms with Gasteiger partial charge in [0, 0.05) is 5.56 Å². The molecule has 0 bridgehead atoms. The third-order valence-corrected chi connectivity index (χ3v) is 2.34. The molecule has 0 aliphatic carbocycles. The average Bonchev–Trinajstić information content (AvgIpc) is 2.36. The van der Waals surface area contributed by atoms with Crippen LogP contribution in [0.2, 0.25) is 0 Å². The van der Waals surface area contributed by atoms with Crippen molar-refractivity contribution in [3.63, 3.8) is 0 Å². The molecule has 0 radical (unpaired) electrons. The second-order valence-corrected chi connectivity index (χ2v) is 5.17. The number of hydrogen-bond donors (Lipinski definition) is 2. The van der Waals surface area contributed by atoms with Crippen molar-refractivity contribution in [3.05, 3.63) is 23.8 Å². The lowest BCUT2D eigenvalue weighted by Crippen LogP contribution is -2.27. The molecule has 3 N–H and O–H groups in total. The smallest absolute Gasteiger partial charge is 0.412 e. The number of carbonyl (C=O) groups is 2. The summed E-state index contributed by atoms with van der Waals surface area (Å²) in [5.74, 6) is 0.169. The molecule has 1 aromatic rings. The lowest BCUT2D eigenvalue weighted by molar-refractivity contribution is 0.0635. The highest BCUT2D eigenvalue weighted by Gasteiger charge is 2.18. The monoisotopic (exact) mass is 280 g/mol. The lowest BCUT2D eigenvalue weighted by atomic mass is 10.1. The number of nitrogens with two attached hydrogens (primary N) is 1. The molecule has 1 amide bonds. The van der Waals surface area contributed by atoms with Crippen LogP contribution >= 0.6 is 0 Å². The zero-order chi connectivity index (χ0) is 15.3. The molecular weight excluding hydrogens is 260 g/mol. The Bertz CT molecular complexity index is 506. The van der Waals surface area contributed by atoms with Crippen molar-refractivity contribution < 1.29 is 19.1 Å². The normalized spacial score (nSPS) is 10.8. The molecule has 0 aliphatic rings. The highest BCUT2D eigenvalue weighted by atomic mass is 16.6. The predicted octanol–water partition coefficient (Wildman–Crippen LogP) is 2.18. The summed E-state index contributed by atoms with van der Waals surface area (Å²) < 4.78 is 10.3. The second kappa shape index (κ2) is 6.38. The van der Waals surface area contributed by atoms with Crippen molar-refractivity contribution >= 4 is 17.6 Å². The average molecular weight is 280 g/mol. The minimum Gasteiger partial charge on any atom is -0.495 e. The molecule has 0 fully saturated rings. The minimum absolute atomic E-state index is 0.0814. The molecular formula is C14H20N2O4. The van der Waals surface area contributed by atoms with E-state index in [2.05, 4.69) is 5.32 Å². The van der Waals surface area contributed by atoms with E-state index >= 15 is 0 Å². The van der Waals surface area contributed by atoms with E-state index in [1.54, 1.807) is 32.9 Å². The van der Waals surface area contributed by atoms with E-state index in [0.717, 1.165) is 0 Å². The molecule has 110 valence electrons. The molecule has 1 aromatic carbocycles. The van der Waals surface area contributed by atoms with Gasteiger partial charge in [-0.2, -0.15) is 0 Å². The fourth-order valence-corrected chi connectivity index (χ4v) is 1.50. The van der Waals surface area contributed by atoms with Crippen LogP contribution < -0.4 is 15.8 Å². The summed E-state index contributed by atoms with van der Waals surface area (Å²) in [7, 11) is 1.45. The summed E-state index contributed by atoms with van der Waals surface area (Å²) in [6, 6.07) is 4.68. The zero-order valence-electron chi connectivity index (χ0n) is 12.1. The zero-order valence-corrected chi connectivity index (χ0v) is 12.1. The van der Waals surface area contributed by atoms with Gasteiger partial charge in [0.2, 0.25) is 0 Å². The Balaban J connectivity index is 2.91. The van der Waals surface area contributed by atoms with Gasteiger partial charge in [-0.1, -0.05) is 0 Å². The highest BCUT2D eigenvalue weighted by molar-refractivity contribution is 5.99. The molecule has 0 aromatic heterocycles. The molecule has 0 heterocycles. The lowest BCUT2D eigenvalue weighted by Gasteiger charge is -2.20. The Morgan fingerprint density at radius 2 is 1.95 bits per heavy atom. The SMILES string of the molecule is COc1cc(C(=O)CN)ccc1NC(=O)OC(C)(C)C. The molecule has 0 saturated heterocycles. The topological polar surface area (TPSA) is 90.6 Å². The number of benzene rings is 1. The van der Waals surface area contributed by atoms with Crippen molar-refractivity contribution in [2.45, 2.75) is 26.4 Å². The maximum absolute atomic E-state index is 11.7. The molecule has 6 heteroatoms. The Morgan fingerprint density at radius 1 is 1.30 bits per heavy atom. The number of methoxy groups -OCH3 is 1. The van der Waals surface area contributed by atoms with E-state index < -0.39 is 11.7 Å². The first-order valence-electron chi connectivity index (χ1n) is 6.18. The number of amides is 1. The third-order valence-electron chi connectivity index (χ3n) is 2.34. The van der Waals surface area contributed by atoms with Gasteiger partial charge >= 0.3 is 6.09 Å². The van der Waals surface area contributed by atoms with E-state index in [-0.39, 0.29) is 12.3 Å². The maximum Gasteiger partial charge on any atom is 0.412 e. The summed E-state index contributed by atoms with van der Waals surface area (Å²) in [6.07, 6.45) is -0.589. The summed E-state index contributed by atoms with van der Waals surface area (Å²) >= 11 is 0. The van der Waals surface area contributed by atoms with Crippen molar-refractivity contribution in [2.75, 3.05) is 19.0 Å². The predicted molar refractivity (Wildman–Crippen MR) is 76.2 cm³/mol. The van der Waals surface area contributed by atoms with Crippen LogP contribution in [0.15, 0.2) is 18.2 Å². The fraction of sp³-hybridized carbons (Fsp3) is 0.429. The molecule has 0 saturated carbocycles. The first kappa shape index (κ1) is 16.0. The molecule has 0 unspecified atom stereocenters. The number of nitrogens with one attached hydrogen (secondary N) is 1. The number of anilines is 1. The Morgan fingerprint density at radius 3 is 2.45 bits per heavy atom. The Hall–Kier alpha value is -2.08. The molecule has 6 nitrogen and oxygen atoms in total. The van der Waals surface area contributed by atoms with Crippen LogP contribution in [-0.4, -0.2) is 31.1 Å².